The first-order valence-electron chi connectivity index (χ1n) is 7.67. The zero-order valence-corrected chi connectivity index (χ0v) is 13.3. The van der Waals surface area contributed by atoms with E-state index in [1.54, 1.807) is 6.08 Å². The molecule has 0 rings (SSSR count). The average molecular weight is 318 g/mol. The maximum Gasteiger partial charge on any atom is 0.235 e. The second-order valence-corrected chi connectivity index (χ2v) is 5.01. The van der Waals surface area contributed by atoms with Crippen LogP contribution >= 0.6 is 0 Å². The third kappa shape index (κ3) is 10.8. The van der Waals surface area contributed by atoms with Crippen molar-refractivity contribution in [3.63, 3.8) is 0 Å². The number of nitrogens with two attached hydrogens (primary N) is 3. The molecular formula is C14H30N4O4. The fraction of sp³-hybridized carbons (Fsp3) is 0.929. The lowest BCUT2D eigenvalue weighted by Gasteiger charge is -2.27. The van der Waals surface area contributed by atoms with Gasteiger partial charge in [-0.3, -0.25) is 0 Å². The zero-order chi connectivity index (χ0) is 16.5. The van der Waals surface area contributed by atoms with Gasteiger partial charge in [0.1, 0.15) is 5.54 Å². The highest BCUT2D eigenvalue weighted by molar-refractivity contribution is 5.35. The maximum atomic E-state index is 10.8. The highest BCUT2D eigenvalue weighted by atomic mass is 16.5. The predicted octanol–water partition coefficient (Wildman–Crippen LogP) is -0.843. The Morgan fingerprint density at radius 1 is 0.773 bits per heavy atom. The molecule has 0 fully saturated rings. The minimum Gasteiger partial charge on any atom is -0.379 e. The van der Waals surface area contributed by atoms with Gasteiger partial charge in [0.25, 0.3) is 0 Å². The molecule has 0 atom stereocenters. The van der Waals surface area contributed by atoms with Crippen LogP contribution in [0.2, 0.25) is 0 Å². The molecular weight excluding hydrogens is 288 g/mol. The lowest BCUT2D eigenvalue weighted by Crippen LogP contribution is -2.43. The molecule has 8 nitrogen and oxygen atoms in total. The van der Waals surface area contributed by atoms with Gasteiger partial charge in [-0.05, 0) is 38.9 Å². The molecule has 0 saturated carbocycles. The second kappa shape index (κ2) is 15.1. The first-order chi connectivity index (χ1) is 10.7. The molecule has 0 radical (unpaired) electrons. The molecule has 0 heterocycles. The highest BCUT2D eigenvalue weighted by Gasteiger charge is 2.31. The molecule has 0 aliphatic heterocycles. The Morgan fingerprint density at radius 2 is 1.14 bits per heavy atom. The van der Waals surface area contributed by atoms with Gasteiger partial charge < -0.3 is 31.4 Å². The Kier molecular flexibility index (Phi) is 14.5. The van der Waals surface area contributed by atoms with E-state index in [1.165, 1.54) is 0 Å². The van der Waals surface area contributed by atoms with Crippen molar-refractivity contribution in [2.75, 3.05) is 59.3 Å². The number of ether oxygens (including phenoxy) is 3. The van der Waals surface area contributed by atoms with Crippen LogP contribution in [0.4, 0.5) is 0 Å². The number of carbonyl (C=O) groups excluding carboxylic acids is 1. The summed E-state index contributed by atoms with van der Waals surface area (Å²) in [5.41, 5.74) is 15.4. The summed E-state index contributed by atoms with van der Waals surface area (Å²) in [6.07, 6.45) is 3.81. The molecule has 0 amide bonds. The molecule has 0 saturated heterocycles. The molecule has 130 valence electrons. The van der Waals surface area contributed by atoms with Crippen LogP contribution in [0.25, 0.3) is 0 Å². The number of nitrogens with zero attached hydrogens (tertiary/aromatic N) is 1. The third-order valence-electron chi connectivity index (χ3n) is 2.87. The van der Waals surface area contributed by atoms with E-state index in [4.69, 9.17) is 31.4 Å². The number of hydrogen-bond donors (Lipinski definition) is 3. The molecule has 0 unspecified atom stereocenters. The first-order valence-corrected chi connectivity index (χ1v) is 7.67. The molecule has 22 heavy (non-hydrogen) atoms. The molecule has 6 N–H and O–H groups in total. The highest BCUT2D eigenvalue weighted by Crippen LogP contribution is 2.14. The van der Waals surface area contributed by atoms with E-state index in [0.29, 0.717) is 39.5 Å². The molecule has 0 aliphatic carbocycles. The summed E-state index contributed by atoms with van der Waals surface area (Å²) in [5.74, 6) is 0. The van der Waals surface area contributed by atoms with E-state index in [2.05, 4.69) is 4.99 Å². The third-order valence-corrected chi connectivity index (χ3v) is 2.87. The minimum absolute atomic E-state index is 0.216. The quantitative estimate of drug-likeness (QED) is 0.192. The van der Waals surface area contributed by atoms with E-state index in [-0.39, 0.29) is 19.8 Å². The number of hydrogen-bond acceptors (Lipinski definition) is 8. The standard InChI is InChI=1S/C14H30N4O4/c15-4-1-7-20-10-14(18-13-19,11-21-8-2-5-16)12-22-9-3-6-17/h1-12,15-17H2. The topological polar surface area (TPSA) is 135 Å². The van der Waals surface area contributed by atoms with Crippen LogP contribution in [0.1, 0.15) is 19.3 Å². The summed E-state index contributed by atoms with van der Waals surface area (Å²) in [7, 11) is 0. The fourth-order valence-electron chi connectivity index (χ4n) is 1.66. The van der Waals surface area contributed by atoms with Gasteiger partial charge in [0.2, 0.25) is 6.08 Å². The lowest BCUT2D eigenvalue weighted by atomic mass is 10.0. The molecule has 0 aromatic rings. The largest absolute Gasteiger partial charge is 0.379 e. The van der Waals surface area contributed by atoms with Crippen molar-refractivity contribution in [3.8, 4) is 0 Å². The van der Waals surface area contributed by atoms with Gasteiger partial charge in [0, 0.05) is 19.8 Å². The number of isocyanates is 1. The van der Waals surface area contributed by atoms with Crippen molar-refractivity contribution in [3.05, 3.63) is 0 Å². The Bertz CT molecular complexity index is 267. The maximum absolute atomic E-state index is 10.8. The average Bonchev–Trinajstić information content (AvgIpc) is 2.53. The molecule has 0 spiro atoms. The van der Waals surface area contributed by atoms with Gasteiger partial charge in [-0.2, -0.15) is 4.99 Å². The number of rotatable bonds is 16. The lowest BCUT2D eigenvalue weighted by molar-refractivity contribution is -0.0219. The smallest absolute Gasteiger partial charge is 0.235 e. The van der Waals surface area contributed by atoms with Crippen molar-refractivity contribution in [2.45, 2.75) is 24.8 Å². The first kappa shape index (κ1) is 21.1. The van der Waals surface area contributed by atoms with Crippen molar-refractivity contribution in [1.29, 1.82) is 0 Å². The monoisotopic (exact) mass is 318 g/mol. The van der Waals surface area contributed by atoms with Crippen LogP contribution in [0.15, 0.2) is 4.99 Å². The SMILES string of the molecule is NCCCOCC(COCCCN)(COCCCN)N=C=O. The van der Waals surface area contributed by atoms with Crippen molar-refractivity contribution < 1.29 is 19.0 Å². The Hall–Kier alpha value is -0.860. The van der Waals surface area contributed by atoms with E-state index in [0.717, 1.165) is 19.3 Å². The van der Waals surface area contributed by atoms with Crippen LogP contribution in [0, 0.1) is 0 Å². The van der Waals surface area contributed by atoms with Crippen LogP contribution < -0.4 is 17.2 Å². The number of aliphatic imine (C=N–C) groups is 1. The van der Waals surface area contributed by atoms with Gasteiger partial charge in [-0.25, -0.2) is 4.79 Å². The zero-order valence-electron chi connectivity index (χ0n) is 13.3. The van der Waals surface area contributed by atoms with Gasteiger partial charge >= 0.3 is 0 Å². The van der Waals surface area contributed by atoms with Gasteiger partial charge in [0.05, 0.1) is 19.8 Å². The van der Waals surface area contributed by atoms with Gasteiger partial charge in [0.15, 0.2) is 0 Å². The molecule has 0 bridgehead atoms. The van der Waals surface area contributed by atoms with E-state index in [1.807, 2.05) is 0 Å². The predicted molar refractivity (Wildman–Crippen MR) is 84.3 cm³/mol. The van der Waals surface area contributed by atoms with Gasteiger partial charge in [-0.15, -0.1) is 0 Å². The Labute approximate surface area is 132 Å². The Morgan fingerprint density at radius 3 is 1.41 bits per heavy atom. The molecule has 0 aromatic carbocycles. The van der Waals surface area contributed by atoms with Crippen molar-refractivity contribution in [2.24, 2.45) is 22.2 Å². The summed E-state index contributed by atoms with van der Waals surface area (Å²) in [6, 6.07) is 0. The normalized spacial score (nSPS) is 11.4. The summed E-state index contributed by atoms with van der Waals surface area (Å²) in [4.78, 5) is 14.6. The summed E-state index contributed by atoms with van der Waals surface area (Å²) >= 11 is 0. The summed E-state index contributed by atoms with van der Waals surface area (Å²) in [5, 5.41) is 0. The van der Waals surface area contributed by atoms with E-state index < -0.39 is 5.54 Å². The second-order valence-electron chi connectivity index (χ2n) is 5.01. The van der Waals surface area contributed by atoms with E-state index >= 15 is 0 Å². The molecule has 8 heteroatoms. The molecule has 0 aliphatic rings. The molecule has 0 aromatic heterocycles. The Balaban J connectivity index is 4.50. The van der Waals surface area contributed by atoms with Crippen LogP contribution in [0.5, 0.6) is 0 Å². The van der Waals surface area contributed by atoms with E-state index in [9.17, 15) is 4.79 Å². The van der Waals surface area contributed by atoms with Crippen molar-refractivity contribution >= 4 is 6.08 Å². The fourth-order valence-corrected chi connectivity index (χ4v) is 1.66. The van der Waals surface area contributed by atoms with Gasteiger partial charge in [-0.1, -0.05) is 0 Å². The van der Waals surface area contributed by atoms with Crippen molar-refractivity contribution in [1.82, 2.24) is 0 Å². The van der Waals surface area contributed by atoms with Crippen LogP contribution in [0.3, 0.4) is 0 Å². The summed E-state index contributed by atoms with van der Waals surface area (Å²) in [6.45, 7) is 3.78. The van der Waals surface area contributed by atoms with Crippen LogP contribution in [-0.4, -0.2) is 70.9 Å². The minimum atomic E-state index is -0.889. The van der Waals surface area contributed by atoms with Crippen LogP contribution in [-0.2, 0) is 19.0 Å². The summed E-state index contributed by atoms with van der Waals surface area (Å²) < 4.78 is 16.6.